The van der Waals surface area contributed by atoms with Crippen molar-refractivity contribution < 1.29 is 23.5 Å². The normalized spacial score (nSPS) is 11.1. The van der Waals surface area contributed by atoms with E-state index in [4.69, 9.17) is 13.9 Å². The molecule has 10 nitrogen and oxygen atoms in total. The molecule has 196 valence electrons. The van der Waals surface area contributed by atoms with E-state index < -0.39 is 17.5 Å². The molecule has 0 radical (unpaired) electrons. The second-order valence-corrected chi connectivity index (χ2v) is 8.20. The van der Waals surface area contributed by atoms with E-state index in [1.807, 2.05) is 38.1 Å². The number of nitrogens with zero attached hydrogens (tertiary/aromatic N) is 3. The lowest BCUT2D eigenvalue weighted by molar-refractivity contribution is -0.145. The third kappa shape index (κ3) is 5.97. The van der Waals surface area contributed by atoms with Crippen molar-refractivity contribution in [2.45, 2.75) is 20.8 Å². The molecule has 1 amide bonds. The average Bonchev–Trinajstić information content (AvgIpc) is 2.92. The minimum atomic E-state index is -0.755. The van der Waals surface area contributed by atoms with Crippen LogP contribution in [0.4, 0.5) is 5.69 Å². The smallest absolute Gasteiger partial charge is 0.349 e. The third-order valence-corrected chi connectivity index (χ3v) is 5.81. The summed E-state index contributed by atoms with van der Waals surface area (Å²) in [5, 5.41) is 5.37. The Balaban J connectivity index is 1.49. The lowest BCUT2D eigenvalue weighted by atomic mass is 10.1. The number of hydrogen-bond donors (Lipinski definition) is 1. The number of carbonyl (C=O) groups is 2. The van der Waals surface area contributed by atoms with E-state index in [2.05, 4.69) is 20.4 Å². The Morgan fingerprint density at radius 1 is 1.05 bits per heavy atom. The Labute approximate surface area is 218 Å². The molecule has 0 aliphatic carbocycles. The number of esters is 1. The van der Waals surface area contributed by atoms with Gasteiger partial charge in [0.2, 0.25) is 0 Å². The zero-order valence-electron chi connectivity index (χ0n) is 21.4. The molecule has 0 saturated heterocycles. The predicted molar refractivity (Wildman–Crippen MR) is 145 cm³/mol. The molecule has 2 aromatic heterocycles. The van der Waals surface area contributed by atoms with Crippen LogP contribution < -0.4 is 20.7 Å². The van der Waals surface area contributed by atoms with Gasteiger partial charge in [-0.3, -0.25) is 4.79 Å². The summed E-state index contributed by atoms with van der Waals surface area (Å²) in [5.74, 6) is -0.774. The van der Waals surface area contributed by atoms with Crippen LogP contribution in [0.3, 0.4) is 0 Å². The molecule has 0 aliphatic heterocycles. The fourth-order valence-corrected chi connectivity index (χ4v) is 3.92. The van der Waals surface area contributed by atoms with Crippen LogP contribution in [-0.4, -0.2) is 49.4 Å². The lowest BCUT2D eigenvalue weighted by Gasteiger charge is -2.20. The molecule has 1 N–H and O–H groups in total. The Morgan fingerprint density at radius 2 is 1.84 bits per heavy atom. The first-order valence-corrected chi connectivity index (χ1v) is 12.3. The van der Waals surface area contributed by atoms with Crippen LogP contribution in [0.15, 0.2) is 68.9 Å². The van der Waals surface area contributed by atoms with Crippen molar-refractivity contribution in [1.29, 1.82) is 0 Å². The van der Waals surface area contributed by atoms with Crippen molar-refractivity contribution in [2.75, 3.05) is 31.2 Å². The molecule has 2 aromatic carbocycles. The fourth-order valence-electron chi connectivity index (χ4n) is 3.92. The van der Waals surface area contributed by atoms with Crippen molar-refractivity contribution in [3.05, 3.63) is 76.3 Å². The minimum absolute atomic E-state index is 0.161. The average molecular weight is 517 g/mol. The first kappa shape index (κ1) is 26.3. The van der Waals surface area contributed by atoms with E-state index in [1.54, 1.807) is 31.2 Å². The number of hydrazone groups is 1. The van der Waals surface area contributed by atoms with E-state index in [0.717, 1.165) is 24.2 Å². The van der Waals surface area contributed by atoms with E-state index in [9.17, 15) is 14.4 Å². The Morgan fingerprint density at radius 3 is 2.61 bits per heavy atom. The number of para-hydroxylation sites is 1. The van der Waals surface area contributed by atoms with Crippen LogP contribution in [0.5, 0.6) is 5.75 Å². The number of fused-ring (bicyclic) bond motifs is 2. The summed E-state index contributed by atoms with van der Waals surface area (Å²) in [4.78, 5) is 43.4. The van der Waals surface area contributed by atoms with Gasteiger partial charge in [-0.15, -0.1) is 0 Å². The molecule has 0 bridgehead atoms. The maximum atomic E-state index is 12.7. The summed E-state index contributed by atoms with van der Waals surface area (Å²) in [6.07, 6.45) is 1.35. The zero-order valence-corrected chi connectivity index (χ0v) is 21.4. The summed E-state index contributed by atoms with van der Waals surface area (Å²) in [5.41, 5.74) is 3.72. The lowest BCUT2D eigenvalue weighted by Crippen LogP contribution is -2.24. The second-order valence-electron chi connectivity index (χ2n) is 8.20. The highest BCUT2D eigenvalue weighted by molar-refractivity contribution is 5.97. The zero-order chi connectivity index (χ0) is 27.1. The molecule has 0 unspecified atom stereocenters. The number of anilines is 1. The van der Waals surface area contributed by atoms with Gasteiger partial charge >= 0.3 is 11.6 Å². The number of hydrogen-bond acceptors (Lipinski definition) is 9. The fraction of sp³-hybridized carbons (Fsp3) is 0.250. The predicted octanol–water partition coefficient (Wildman–Crippen LogP) is 3.89. The maximum absolute atomic E-state index is 12.7. The van der Waals surface area contributed by atoms with E-state index in [-0.39, 0.29) is 18.8 Å². The van der Waals surface area contributed by atoms with Crippen LogP contribution >= 0.6 is 0 Å². The number of rotatable bonds is 10. The first-order valence-electron chi connectivity index (χ1n) is 12.3. The number of benzene rings is 2. The monoisotopic (exact) mass is 516 g/mol. The van der Waals surface area contributed by atoms with Crippen LogP contribution in [0.2, 0.25) is 0 Å². The van der Waals surface area contributed by atoms with Gasteiger partial charge in [0.05, 0.1) is 18.5 Å². The van der Waals surface area contributed by atoms with Gasteiger partial charge in [0.15, 0.2) is 6.61 Å². The van der Waals surface area contributed by atoms with Gasteiger partial charge in [-0.25, -0.2) is 20.0 Å². The van der Waals surface area contributed by atoms with Crippen LogP contribution in [0.1, 0.15) is 36.8 Å². The van der Waals surface area contributed by atoms with Crippen LogP contribution in [0, 0.1) is 0 Å². The van der Waals surface area contributed by atoms with Gasteiger partial charge in [-0.05, 0) is 51.1 Å². The largest absolute Gasteiger partial charge is 0.480 e. The first-order chi connectivity index (χ1) is 18.4. The summed E-state index contributed by atoms with van der Waals surface area (Å²) >= 11 is 0. The van der Waals surface area contributed by atoms with Crippen LogP contribution in [0.25, 0.3) is 21.9 Å². The second kappa shape index (κ2) is 12.0. The molecule has 0 fully saturated rings. The molecule has 4 rings (SSSR count). The summed E-state index contributed by atoms with van der Waals surface area (Å²) in [6.45, 7) is 7.47. The third-order valence-electron chi connectivity index (χ3n) is 5.81. The Bertz CT molecular complexity index is 1560. The molecule has 0 aliphatic rings. The molecule has 0 atom stereocenters. The van der Waals surface area contributed by atoms with Gasteiger partial charge in [-0.1, -0.05) is 18.2 Å². The van der Waals surface area contributed by atoms with Crippen molar-refractivity contribution in [2.24, 2.45) is 5.10 Å². The molecule has 0 spiro atoms. The molecule has 38 heavy (non-hydrogen) atoms. The number of aromatic nitrogens is 1. The number of nitrogens with one attached hydrogen (secondary N) is 1. The molecule has 10 heteroatoms. The standard InChI is InChI=1S/C28H28N4O6/c1-4-32(5-2)21-13-11-19-14-22(28(35)38-24(19)15-21)27(34)31-29-16-20-12-10-18-8-7-9-23(26(18)30-20)37-17-25(33)36-6-3/h7-16H,4-6,17H2,1-3H3,(H,31,34)/b29-16+. The molecular formula is C28H28N4O6. The van der Waals surface area contributed by atoms with E-state index >= 15 is 0 Å². The quantitative estimate of drug-likeness (QED) is 0.146. The maximum Gasteiger partial charge on any atom is 0.349 e. The minimum Gasteiger partial charge on any atom is -0.480 e. The highest BCUT2D eigenvalue weighted by Gasteiger charge is 2.14. The van der Waals surface area contributed by atoms with Crippen molar-refractivity contribution in [3.8, 4) is 5.75 Å². The van der Waals surface area contributed by atoms with Gasteiger partial charge in [0, 0.05) is 35.6 Å². The van der Waals surface area contributed by atoms with Gasteiger partial charge in [0.25, 0.3) is 5.91 Å². The molecule has 4 aromatic rings. The summed E-state index contributed by atoms with van der Waals surface area (Å²) in [6, 6.07) is 15.9. The van der Waals surface area contributed by atoms with Crippen molar-refractivity contribution >= 4 is 45.7 Å². The van der Waals surface area contributed by atoms with Gasteiger partial charge < -0.3 is 18.8 Å². The number of ether oxygens (including phenoxy) is 2. The number of pyridine rings is 1. The Kier molecular flexibility index (Phi) is 8.32. The van der Waals surface area contributed by atoms with Crippen molar-refractivity contribution in [1.82, 2.24) is 10.4 Å². The number of carbonyl (C=O) groups excluding carboxylic acids is 2. The van der Waals surface area contributed by atoms with E-state index in [0.29, 0.717) is 27.9 Å². The van der Waals surface area contributed by atoms with Crippen LogP contribution in [-0.2, 0) is 9.53 Å². The SMILES string of the molecule is CCOC(=O)COc1cccc2ccc(/C=N/NC(=O)c3cc4ccc(N(CC)CC)cc4oc3=O)nc12. The number of amides is 1. The summed E-state index contributed by atoms with van der Waals surface area (Å²) < 4.78 is 15.9. The topological polar surface area (TPSA) is 123 Å². The molecule has 0 saturated carbocycles. The van der Waals surface area contributed by atoms with Crippen molar-refractivity contribution in [3.63, 3.8) is 0 Å². The van der Waals surface area contributed by atoms with E-state index in [1.165, 1.54) is 12.3 Å². The molecular weight excluding hydrogens is 488 g/mol. The highest BCUT2D eigenvalue weighted by Crippen LogP contribution is 2.24. The highest BCUT2D eigenvalue weighted by atomic mass is 16.6. The van der Waals surface area contributed by atoms with Gasteiger partial charge in [0.1, 0.15) is 22.4 Å². The summed E-state index contributed by atoms with van der Waals surface area (Å²) in [7, 11) is 0. The molecule has 2 heterocycles. The van der Waals surface area contributed by atoms with Gasteiger partial charge in [-0.2, -0.15) is 5.10 Å². The Hall–Kier alpha value is -4.73.